The van der Waals surface area contributed by atoms with Crippen LogP contribution in [0.4, 0.5) is 0 Å². The van der Waals surface area contributed by atoms with Gasteiger partial charge >= 0.3 is 0 Å². The molecule has 7 rings (SSSR count). The van der Waals surface area contributed by atoms with Crippen LogP contribution in [-0.2, 0) is 23.2 Å². The zero-order chi connectivity index (χ0) is 27.6. The molecule has 7 atom stereocenters. The Labute approximate surface area is 233 Å². The molecule has 0 bridgehead atoms. The van der Waals surface area contributed by atoms with Crippen molar-refractivity contribution < 1.29 is 9.32 Å². The number of rotatable bonds is 2. The van der Waals surface area contributed by atoms with Gasteiger partial charge in [-0.25, -0.2) is 0 Å². The molecule has 0 aliphatic heterocycles. The molecule has 3 saturated carbocycles. The van der Waals surface area contributed by atoms with Gasteiger partial charge in [-0.15, -0.1) is 5.10 Å². The summed E-state index contributed by atoms with van der Waals surface area (Å²) in [5.74, 6) is 2.31. The molecule has 2 aromatic heterocycles. The Balaban J connectivity index is 1.36. The zero-order valence-electron chi connectivity index (χ0n) is 25.0. The number of carbonyl (C=O) groups excluding carboxylic acids is 1. The minimum atomic E-state index is -0.102. The van der Waals surface area contributed by atoms with Crippen LogP contribution in [0.25, 0.3) is 0 Å². The summed E-state index contributed by atoms with van der Waals surface area (Å²) in [6, 6.07) is 0. The molecule has 3 fully saturated rings. The highest BCUT2D eigenvalue weighted by Crippen LogP contribution is 2.74. The van der Waals surface area contributed by atoms with Crippen LogP contribution in [0.2, 0.25) is 0 Å². The lowest BCUT2D eigenvalue weighted by atomic mass is 9.34. The minimum Gasteiger partial charge on any atom is -0.361 e. The van der Waals surface area contributed by atoms with E-state index in [1.54, 1.807) is 6.20 Å². The Morgan fingerprint density at radius 3 is 2.54 bits per heavy atom. The number of fused-ring (bicyclic) bond motifs is 8. The number of hydrogen-bond acceptors (Lipinski definition) is 5. The summed E-state index contributed by atoms with van der Waals surface area (Å²) in [4.78, 5) is 14.7. The van der Waals surface area contributed by atoms with Gasteiger partial charge < -0.3 is 4.52 Å². The maximum absolute atomic E-state index is 14.7. The van der Waals surface area contributed by atoms with Crippen molar-refractivity contribution in [3.8, 4) is 0 Å². The molecule has 1 unspecified atom stereocenters. The Morgan fingerprint density at radius 2 is 1.79 bits per heavy atom. The second kappa shape index (κ2) is 7.73. The second-order valence-corrected chi connectivity index (χ2v) is 16.2. The largest absolute Gasteiger partial charge is 0.361 e. The summed E-state index contributed by atoms with van der Waals surface area (Å²) in [6.07, 6.45) is 16.9. The van der Waals surface area contributed by atoms with Gasteiger partial charge in [0.25, 0.3) is 0 Å². The third kappa shape index (κ3) is 3.21. The predicted molar refractivity (Wildman–Crippen MR) is 150 cm³/mol. The van der Waals surface area contributed by atoms with Gasteiger partial charge in [-0.3, -0.25) is 9.48 Å². The van der Waals surface area contributed by atoms with E-state index in [0.717, 1.165) is 50.8 Å². The molecule has 5 aliphatic rings. The quantitative estimate of drug-likeness (QED) is 0.420. The fourth-order valence-corrected chi connectivity index (χ4v) is 11.3. The maximum Gasteiger partial charge on any atom is 0.159 e. The van der Waals surface area contributed by atoms with Crippen LogP contribution in [0.1, 0.15) is 105 Å². The van der Waals surface area contributed by atoms with E-state index in [0.29, 0.717) is 17.6 Å². The zero-order valence-corrected chi connectivity index (χ0v) is 25.0. The monoisotopic (exact) mass is 530 g/mol. The van der Waals surface area contributed by atoms with Crippen LogP contribution in [0.3, 0.4) is 0 Å². The fraction of sp³-hybridized carbons (Fsp3) is 0.758. The number of nitrogens with zero attached hydrogens (tertiary/aromatic N) is 4. The number of hydrogen-bond donors (Lipinski definition) is 0. The summed E-state index contributed by atoms with van der Waals surface area (Å²) in [7, 11) is 0. The van der Waals surface area contributed by atoms with Crippen molar-refractivity contribution in [2.75, 3.05) is 0 Å². The molecule has 2 heterocycles. The lowest BCUT2D eigenvalue weighted by Crippen LogP contribution is -2.65. The van der Waals surface area contributed by atoms with Gasteiger partial charge in [0.05, 0.1) is 12.4 Å². The SMILES string of the molecule is CC1(C)CC[C@]2(Cn3ccnn3)CC[C@]3(C)[C@H](C(=O)C=C4[C@@]5(C)Cc6cnoc6C(C)(C)C5CC[C@]43C)[C@@H]2C1. The van der Waals surface area contributed by atoms with Crippen LogP contribution in [0.5, 0.6) is 0 Å². The Morgan fingerprint density at radius 1 is 1.03 bits per heavy atom. The third-order valence-corrected chi connectivity index (χ3v) is 13.5. The normalized spacial score (nSPS) is 43.8. The Bertz CT molecular complexity index is 1350. The van der Waals surface area contributed by atoms with Crippen molar-refractivity contribution in [2.24, 2.45) is 44.8 Å². The highest BCUT2D eigenvalue weighted by atomic mass is 16.5. The van der Waals surface area contributed by atoms with E-state index < -0.39 is 0 Å². The molecule has 210 valence electrons. The van der Waals surface area contributed by atoms with Crippen LogP contribution >= 0.6 is 0 Å². The lowest BCUT2D eigenvalue weighted by molar-refractivity contribution is -0.174. The highest BCUT2D eigenvalue weighted by molar-refractivity contribution is 5.95. The Hall–Kier alpha value is -2.24. The third-order valence-electron chi connectivity index (χ3n) is 13.5. The molecule has 0 N–H and O–H groups in total. The van der Waals surface area contributed by atoms with Crippen molar-refractivity contribution in [1.82, 2.24) is 20.2 Å². The summed E-state index contributed by atoms with van der Waals surface area (Å²) in [5.41, 5.74) is 2.79. The highest BCUT2D eigenvalue weighted by Gasteiger charge is 2.70. The van der Waals surface area contributed by atoms with E-state index in [9.17, 15) is 4.79 Å². The molecular weight excluding hydrogens is 484 g/mol. The first-order valence-corrected chi connectivity index (χ1v) is 15.3. The predicted octanol–water partition coefficient (Wildman–Crippen LogP) is 6.96. The van der Waals surface area contributed by atoms with E-state index in [2.05, 4.69) is 70.0 Å². The number of carbonyl (C=O) groups is 1. The van der Waals surface area contributed by atoms with Gasteiger partial charge in [-0.1, -0.05) is 64.4 Å². The van der Waals surface area contributed by atoms with Crippen LogP contribution < -0.4 is 0 Å². The summed E-state index contributed by atoms with van der Waals surface area (Å²) in [6.45, 7) is 17.9. The minimum absolute atomic E-state index is 0.00256. The van der Waals surface area contributed by atoms with E-state index in [1.165, 1.54) is 24.0 Å². The van der Waals surface area contributed by atoms with Crippen LogP contribution in [0.15, 0.2) is 34.8 Å². The van der Waals surface area contributed by atoms with E-state index in [4.69, 9.17) is 4.52 Å². The molecule has 5 aliphatic carbocycles. The molecule has 6 heteroatoms. The number of aromatic nitrogens is 4. The molecule has 0 saturated heterocycles. The van der Waals surface area contributed by atoms with Crippen molar-refractivity contribution in [3.05, 3.63) is 41.6 Å². The van der Waals surface area contributed by atoms with Crippen molar-refractivity contribution >= 4 is 5.78 Å². The first-order valence-electron chi connectivity index (χ1n) is 15.3. The van der Waals surface area contributed by atoms with Crippen molar-refractivity contribution in [1.29, 1.82) is 0 Å². The van der Waals surface area contributed by atoms with Crippen LogP contribution in [0, 0.1) is 44.8 Å². The van der Waals surface area contributed by atoms with E-state index >= 15 is 0 Å². The topological polar surface area (TPSA) is 73.8 Å². The van der Waals surface area contributed by atoms with Gasteiger partial charge in [0, 0.05) is 29.6 Å². The van der Waals surface area contributed by atoms with Gasteiger partial charge in [-0.05, 0) is 96.4 Å². The average Bonchev–Trinajstić information content (AvgIpc) is 3.53. The van der Waals surface area contributed by atoms with E-state index in [-0.39, 0.29) is 38.4 Å². The molecule has 0 amide bonds. The summed E-state index contributed by atoms with van der Waals surface area (Å²) >= 11 is 0. The molecule has 39 heavy (non-hydrogen) atoms. The fourth-order valence-electron chi connectivity index (χ4n) is 11.3. The van der Waals surface area contributed by atoms with Crippen LogP contribution in [-0.4, -0.2) is 25.9 Å². The molecule has 0 spiro atoms. The van der Waals surface area contributed by atoms with Gasteiger partial charge in [0.1, 0.15) is 5.76 Å². The molecular formula is C33H46N4O2. The molecule has 0 radical (unpaired) electrons. The van der Waals surface area contributed by atoms with E-state index in [1.807, 2.05) is 17.1 Å². The second-order valence-electron chi connectivity index (χ2n) is 16.2. The summed E-state index contributed by atoms with van der Waals surface area (Å²) < 4.78 is 7.88. The molecule has 2 aromatic rings. The maximum atomic E-state index is 14.7. The van der Waals surface area contributed by atoms with Gasteiger partial charge in [0.15, 0.2) is 5.78 Å². The van der Waals surface area contributed by atoms with Crippen molar-refractivity contribution in [2.45, 2.75) is 112 Å². The summed E-state index contributed by atoms with van der Waals surface area (Å²) in [5, 5.41) is 12.7. The van der Waals surface area contributed by atoms with Gasteiger partial charge in [-0.2, -0.15) is 0 Å². The molecule has 6 nitrogen and oxygen atoms in total. The van der Waals surface area contributed by atoms with Gasteiger partial charge in [0.2, 0.25) is 0 Å². The first kappa shape index (κ1) is 25.7. The number of ketones is 1. The average molecular weight is 531 g/mol. The standard InChI is InChI=1S/C33H46N4O2/c1-28(2)10-12-33(20-37-15-14-34-36-37)13-11-32(7)26(22(33)18-28)23(38)16-25-30(5)17-21-19-35-39-27(21)29(3,4)24(30)8-9-31(25,32)6/h14-16,19,22,24,26H,8-13,17-18,20H2,1-7H3/t22-,24?,26-,30-,31+,32+,33+/m0/s1. The first-order chi connectivity index (χ1) is 18.3. The van der Waals surface area contributed by atoms with Crippen molar-refractivity contribution in [3.63, 3.8) is 0 Å². The Kier molecular flexibility index (Phi) is 5.10. The smallest absolute Gasteiger partial charge is 0.159 e. The lowest BCUT2D eigenvalue weighted by Gasteiger charge is -2.69. The molecule has 0 aromatic carbocycles. The number of allylic oxidation sites excluding steroid dienone is 2.